The summed E-state index contributed by atoms with van der Waals surface area (Å²) < 4.78 is 42.2. The lowest BCUT2D eigenvalue weighted by Crippen LogP contribution is -2.43. The number of ether oxygens (including phenoxy) is 2. The minimum Gasteiger partial charge on any atom is -0.493 e. The van der Waals surface area contributed by atoms with E-state index in [1.54, 1.807) is 18.3 Å². The summed E-state index contributed by atoms with van der Waals surface area (Å²) in [7, 11) is 1.52. The quantitative estimate of drug-likeness (QED) is 0.316. The highest BCUT2D eigenvalue weighted by atomic mass is 19.2. The molecule has 2 aliphatic heterocycles. The number of anilines is 2. The molecule has 3 aromatic rings. The van der Waals surface area contributed by atoms with Gasteiger partial charge in [0.2, 0.25) is 5.91 Å². The van der Waals surface area contributed by atoms with E-state index < -0.39 is 17.5 Å². The highest BCUT2D eigenvalue weighted by Gasteiger charge is 2.25. The van der Waals surface area contributed by atoms with Crippen LogP contribution in [0.15, 0.2) is 47.7 Å². The third-order valence-electron chi connectivity index (χ3n) is 6.97. The third-order valence-corrected chi connectivity index (χ3v) is 6.97. The number of hydrogen-bond donors (Lipinski definition) is 3. The zero-order valence-corrected chi connectivity index (χ0v) is 22.0. The Balaban J connectivity index is 1.51. The van der Waals surface area contributed by atoms with Gasteiger partial charge in [0.1, 0.15) is 25.6 Å². The van der Waals surface area contributed by atoms with Crippen LogP contribution in [0.3, 0.4) is 0 Å². The smallest absolute Gasteiger partial charge is 0.239 e. The number of halogens is 2. The van der Waals surface area contributed by atoms with Crippen LogP contribution in [0.4, 0.5) is 20.2 Å². The molecule has 0 unspecified atom stereocenters. The number of carbonyl (C=O) groups excluding carboxylic acids is 1. The molecule has 1 aromatic heterocycles. The second kappa shape index (κ2) is 11.9. The van der Waals surface area contributed by atoms with E-state index in [0.717, 1.165) is 25.5 Å². The number of aliphatic hydroxyl groups is 1. The zero-order chi connectivity index (χ0) is 28.2. The highest BCUT2D eigenvalue weighted by molar-refractivity contribution is 5.78. The van der Waals surface area contributed by atoms with Gasteiger partial charge in [-0.05, 0) is 37.6 Å². The fourth-order valence-corrected chi connectivity index (χ4v) is 5.02. The molecule has 1 fully saturated rings. The number of amides is 1. The monoisotopic (exact) mass is 555 g/mol. The number of fused-ring (bicyclic) bond motifs is 1. The van der Waals surface area contributed by atoms with Gasteiger partial charge in [-0.2, -0.15) is 5.10 Å². The molecular formula is C27H31F2N7O4. The Kier molecular flexibility index (Phi) is 8.12. The van der Waals surface area contributed by atoms with Gasteiger partial charge in [0.15, 0.2) is 23.1 Å². The SMILES string of the molecule is COc1cc2c(cc1OCCN1CCC[C@@H]1CO)=NCN(c1cccc(F)c1F)C=2Nc1cnn(CC(N)=O)c1. The molecule has 4 N–H and O–H groups in total. The number of hydrogen-bond acceptors (Lipinski definition) is 9. The lowest BCUT2D eigenvalue weighted by atomic mass is 10.2. The average molecular weight is 556 g/mol. The summed E-state index contributed by atoms with van der Waals surface area (Å²) in [4.78, 5) is 19.7. The van der Waals surface area contributed by atoms with Crippen molar-refractivity contribution in [2.75, 3.05) is 50.3 Å². The summed E-state index contributed by atoms with van der Waals surface area (Å²) in [6.07, 6.45) is 5.08. The van der Waals surface area contributed by atoms with Crippen LogP contribution in [0.5, 0.6) is 11.5 Å². The van der Waals surface area contributed by atoms with Crippen molar-refractivity contribution in [1.82, 2.24) is 14.7 Å². The Labute approximate surface area is 229 Å². The predicted molar refractivity (Wildman–Crippen MR) is 143 cm³/mol. The molecule has 0 radical (unpaired) electrons. The number of nitrogens with two attached hydrogens (primary N) is 1. The number of aliphatic hydroxyl groups excluding tert-OH is 1. The van der Waals surface area contributed by atoms with E-state index in [9.17, 15) is 18.7 Å². The fourth-order valence-electron chi connectivity index (χ4n) is 5.02. The molecule has 2 aliphatic rings. The maximum Gasteiger partial charge on any atom is 0.239 e. The van der Waals surface area contributed by atoms with Crippen molar-refractivity contribution in [2.24, 2.45) is 10.7 Å². The summed E-state index contributed by atoms with van der Waals surface area (Å²) in [5.41, 5.74) is 5.76. The highest BCUT2D eigenvalue weighted by Crippen LogP contribution is 2.29. The Hall–Kier alpha value is -4.23. The zero-order valence-electron chi connectivity index (χ0n) is 22.0. The second-order valence-electron chi connectivity index (χ2n) is 9.55. The van der Waals surface area contributed by atoms with Gasteiger partial charge in [-0.1, -0.05) is 6.07 Å². The van der Waals surface area contributed by atoms with Gasteiger partial charge in [0, 0.05) is 30.1 Å². The maximum atomic E-state index is 14.9. The second-order valence-corrected chi connectivity index (χ2v) is 9.55. The normalized spacial score (nSPS) is 16.9. The topological polar surface area (TPSA) is 130 Å². The molecule has 1 atom stereocenters. The molecule has 1 saturated heterocycles. The van der Waals surface area contributed by atoms with Crippen molar-refractivity contribution in [2.45, 2.75) is 25.4 Å². The van der Waals surface area contributed by atoms with E-state index in [1.165, 1.54) is 35.0 Å². The van der Waals surface area contributed by atoms with Crippen LogP contribution < -0.4 is 36.0 Å². The van der Waals surface area contributed by atoms with Crippen molar-refractivity contribution in [3.05, 3.63) is 64.9 Å². The summed E-state index contributed by atoms with van der Waals surface area (Å²) in [5.74, 6) is -1.23. The van der Waals surface area contributed by atoms with Gasteiger partial charge < -0.3 is 30.5 Å². The molecule has 13 heteroatoms. The Morgan fingerprint density at radius 3 is 2.90 bits per heavy atom. The number of aromatic nitrogens is 2. The Morgan fingerprint density at radius 1 is 1.27 bits per heavy atom. The molecule has 0 bridgehead atoms. The maximum absolute atomic E-state index is 14.9. The Morgan fingerprint density at radius 2 is 2.12 bits per heavy atom. The molecule has 3 heterocycles. The van der Waals surface area contributed by atoms with Gasteiger partial charge in [-0.15, -0.1) is 0 Å². The van der Waals surface area contributed by atoms with Crippen LogP contribution in [-0.4, -0.2) is 71.8 Å². The van der Waals surface area contributed by atoms with Crippen molar-refractivity contribution in [1.29, 1.82) is 0 Å². The van der Waals surface area contributed by atoms with Crippen LogP contribution >= 0.6 is 0 Å². The number of nitrogens with zero attached hydrogens (tertiary/aromatic N) is 5. The lowest BCUT2D eigenvalue weighted by Gasteiger charge is -2.29. The predicted octanol–water partition coefficient (Wildman–Crippen LogP) is 0.766. The summed E-state index contributed by atoms with van der Waals surface area (Å²) in [6.45, 7) is 1.96. The molecule has 1 amide bonds. The lowest BCUT2D eigenvalue weighted by molar-refractivity contribution is -0.118. The largest absolute Gasteiger partial charge is 0.493 e. The average Bonchev–Trinajstić information content (AvgIpc) is 3.58. The molecule has 0 spiro atoms. The molecule has 11 nitrogen and oxygen atoms in total. The molecule has 0 saturated carbocycles. The van der Waals surface area contributed by atoms with Crippen molar-refractivity contribution in [3.63, 3.8) is 0 Å². The molecule has 212 valence electrons. The first-order chi connectivity index (χ1) is 19.4. The van der Waals surface area contributed by atoms with Crippen molar-refractivity contribution >= 4 is 23.1 Å². The van der Waals surface area contributed by atoms with Crippen molar-refractivity contribution < 1.29 is 28.2 Å². The van der Waals surface area contributed by atoms with E-state index in [1.807, 2.05) is 0 Å². The van der Waals surface area contributed by atoms with Gasteiger partial charge in [-0.3, -0.25) is 19.4 Å². The van der Waals surface area contributed by atoms with Gasteiger partial charge in [0.25, 0.3) is 0 Å². The molecule has 2 aromatic carbocycles. The summed E-state index contributed by atoms with van der Waals surface area (Å²) in [6, 6.07) is 7.55. The summed E-state index contributed by atoms with van der Waals surface area (Å²) in [5, 5.41) is 18.0. The van der Waals surface area contributed by atoms with E-state index in [2.05, 4.69) is 20.3 Å². The Bertz CT molecular complexity index is 1510. The van der Waals surface area contributed by atoms with E-state index in [4.69, 9.17) is 15.2 Å². The minimum absolute atomic E-state index is 0.00947. The van der Waals surface area contributed by atoms with Gasteiger partial charge >= 0.3 is 0 Å². The fraction of sp³-hybridized carbons (Fsp3) is 0.370. The number of primary amides is 1. The van der Waals surface area contributed by atoms with Crippen LogP contribution in [0.2, 0.25) is 0 Å². The number of methoxy groups -OCH3 is 1. The number of likely N-dealkylation sites (tertiary alicyclic amines) is 1. The molecule has 0 aliphatic carbocycles. The van der Waals surface area contributed by atoms with Crippen molar-refractivity contribution in [3.8, 4) is 11.5 Å². The van der Waals surface area contributed by atoms with Crippen LogP contribution in [0, 0.1) is 11.6 Å². The molecule has 5 rings (SSSR count). The van der Waals surface area contributed by atoms with E-state index in [0.29, 0.717) is 46.7 Å². The van der Waals surface area contributed by atoms with Crippen LogP contribution in [0.25, 0.3) is 5.82 Å². The van der Waals surface area contributed by atoms with E-state index in [-0.39, 0.29) is 31.5 Å². The van der Waals surface area contributed by atoms with Crippen LogP contribution in [-0.2, 0) is 11.3 Å². The van der Waals surface area contributed by atoms with Gasteiger partial charge in [0.05, 0.1) is 36.6 Å². The first-order valence-corrected chi connectivity index (χ1v) is 12.9. The third kappa shape index (κ3) is 5.70. The van der Waals surface area contributed by atoms with E-state index >= 15 is 0 Å². The molecular weight excluding hydrogens is 524 g/mol. The molecule has 40 heavy (non-hydrogen) atoms. The van der Waals surface area contributed by atoms with Crippen LogP contribution in [0.1, 0.15) is 12.8 Å². The van der Waals surface area contributed by atoms with Gasteiger partial charge in [-0.25, -0.2) is 8.78 Å². The minimum atomic E-state index is -1.01. The summed E-state index contributed by atoms with van der Waals surface area (Å²) >= 11 is 0. The number of nitrogens with one attached hydrogen (secondary N) is 1. The number of benzene rings is 2. The standard InChI is InChI=1S/C27H31F2N7O4/c1-39-23-10-19-21(11-24(23)40-9-8-34-7-3-4-18(34)15-37)31-16-36(22-6-2-5-20(28)26(22)29)27(19)33-17-12-32-35(13-17)14-25(30)38/h2,5-6,10-13,18,33,37H,3-4,7-9,14-16H2,1H3,(H2,30,38)/t18-/m1/s1. The number of carbonyl (C=O) groups is 1. The number of rotatable bonds is 11. The first-order valence-electron chi connectivity index (χ1n) is 12.9. The first kappa shape index (κ1) is 27.3.